The van der Waals surface area contributed by atoms with Crippen LogP contribution in [0.4, 0.5) is 5.82 Å². The average molecular weight is 248 g/mol. The molecule has 1 unspecified atom stereocenters. The largest absolute Gasteiger partial charge is 0.378 e. The van der Waals surface area contributed by atoms with Gasteiger partial charge in [0.25, 0.3) is 0 Å². The summed E-state index contributed by atoms with van der Waals surface area (Å²) in [4.78, 5) is 4.09. The molecule has 2 aromatic rings. The molecule has 3 heterocycles. The Morgan fingerprint density at radius 2 is 2.39 bits per heavy atom. The Balaban J connectivity index is 1.57. The minimum absolute atomic E-state index is 0.382. The molecule has 0 aliphatic carbocycles. The predicted molar refractivity (Wildman–Crippen MR) is 65.3 cm³/mol. The third-order valence-electron chi connectivity index (χ3n) is 3.16. The van der Waals surface area contributed by atoms with Gasteiger partial charge in [0.05, 0.1) is 18.5 Å². The molecule has 7 heteroatoms. The molecule has 0 spiro atoms. The van der Waals surface area contributed by atoms with Gasteiger partial charge in [0.1, 0.15) is 5.82 Å². The average Bonchev–Trinajstić information content (AvgIpc) is 2.89. The number of tetrazole rings is 1. The molecule has 1 saturated heterocycles. The lowest BCUT2D eigenvalue weighted by atomic mass is 10.1. The highest BCUT2D eigenvalue weighted by Crippen LogP contribution is 2.15. The van der Waals surface area contributed by atoms with Crippen LogP contribution in [0.3, 0.4) is 0 Å². The van der Waals surface area contributed by atoms with E-state index in [-0.39, 0.29) is 0 Å². The molecule has 1 aliphatic rings. The predicted octanol–water partition coefficient (Wildman–Crippen LogP) is 0.890. The number of nitrogens with one attached hydrogen (secondary N) is 1. The van der Waals surface area contributed by atoms with Crippen LogP contribution in [0.5, 0.6) is 0 Å². The minimum atomic E-state index is 0.382. The maximum absolute atomic E-state index is 5.69. The summed E-state index contributed by atoms with van der Waals surface area (Å²) >= 11 is 0. The van der Waals surface area contributed by atoms with Crippen LogP contribution in [-0.4, -0.2) is 44.3 Å². The summed E-state index contributed by atoms with van der Waals surface area (Å²) in [5.74, 6) is 0.813. The van der Waals surface area contributed by atoms with Crippen LogP contribution < -0.4 is 5.32 Å². The van der Waals surface area contributed by atoms with Gasteiger partial charge in [0.2, 0.25) is 0 Å². The molecule has 2 aromatic heterocycles. The van der Waals surface area contributed by atoms with Crippen molar-refractivity contribution in [3.8, 4) is 0 Å². The molecule has 0 radical (unpaired) electrons. The second-order valence-corrected chi connectivity index (χ2v) is 4.45. The maximum atomic E-state index is 5.69. The number of rotatable bonds is 4. The van der Waals surface area contributed by atoms with Gasteiger partial charge in [-0.15, -0.1) is 5.10 Å². The summed E-state index contributed by atoms with van der Waals surface area (Å²) in [5, 5.41) is 14.7. The Morgan fingerprint density at radius 1 is 1.39 bits per heavy atom. The number of anilines is 1. The lowest BCUT2D eigenvalue weighted by Crippen LogP contribution is -2.22. The van der Waals surface area contributed by atoms with Crippen molar-refractivity contribution in [2.24, 2.45) is 0 Å². The number of ether oxygens (including phenoxy) is 1. The Kier molecular flexibility index (Phi) is 3.31. The number of hydrogen-bond acceptors (Lipinski definition) is 6. The molecule has 1 N–H and O–H groups in total. The molecule has 1 fully saturated rings. The first-order valence-corrected chi connectivity index (χ1v) is 6.31. The summed E-state index contributed by atoms with van der Waals surface area (Å²) in [5.41, 5.74) is 0.647. The van der Waals surface area contributed by atoms with Crippen LogP contribution in [-0.2, 0) is 4.74 Å². The van der Waals surface area contributed by atoms with Crippen LogP contribution in [0, 0.1) is 0 Å². The van der Waals surface area contributed by atoms with Crippen molar-refractivity contribution >= 4 is 11.5 Å². The molecule has 0 amide bonds. The van der Waals surface area contributed by atoms with Crippen LogP contribution in [0.15, 0.2) is 12.4 Å². The molecule has 1 aliphatic heterocycles. The molecule has 0 aromatic carbocycles. The first-order valence-electron chi connectivity index (χ1n) is 6.31. The van der Waals surface area contributed by atoms with Crippen LogP contribution in [0.2, 0.25) is 0 Å². The van der Waals surface area contributed by atoms with E-state index in [1.54, 1.807) is 16.9 Å². The summed E-state index contributed by atoms with van der Waals surface area (Å²) in [6.07, 6.45) is 8.37. The minimum Gasteiger partial charge on any atom is -0.378 e. The van der Waals surface area contributed by atoms with Gasteiger partial charge in [-0.05, 0) is 36.1 Å². The number of nitrogens with zero attached hydrogens (tertiary/aromatic N) is 5. The molecule has 18 heavy (non-hydrogen) atoms. The van der Waals surface area contributed by atoms with Crippen molar-refractivity contribution in [3.63, 3.8) is 0 Å². The number of aromatic nitrogens is 5. The van der Waals surface area contributed by atoms with Crippen molar-refractivity contribution in [1.29, 1.82) is 0 Å². The van der Waals surface area contributed by atoms with Gasteiger partial charge in [-0.3, -0.25) is 4.98 Å². The number of hydrogen-bond donors (Lipinski definition) is 1. The summed E-state index contributed by atoms with van der Waals surface area (Å²) in [6, 6.07) is 0. The first-order chi connectivity index (χ1) is 8.93. The highest BCUT2D eigenvalue weighted by molar-refractivity contribution is 5.43. The van der Waals surface area contributed by atoms with E-state index < -0.39 is 0 Å². The summed E-state index contributed by atoms with van der Waals surface area (Å²) in [6.45, 7) is 1.74. The number of fused-ring (bicyclic) bond motifs is 1. The lowest BCUT2D eigenvalue weighted by molar-refractivity contribution is 0.0134. The van der Waals surface area contributed by atoms with Gasteiger partial charge >= 0.3 is 0 Å². The van der Waals surface area contributed by atoms with Gasteiger partial charge in [0, 0.05) is 13.2 Å². The van der Waals surface area contributed by atoms with Crippen molar-refractivity contribution in [2.45, 2.75) is 31.8 Å². The SMILES string of the molecule is c1ncc2nnnn2c1NCCC1CCCCO1. The normalized spacial score (nSPS) is 20.1. The second kappa shape index (κ2) is 5.26. The first kappa shape index (κ1) is 11.3. The van der Waals surface area contributed by atoms with Crippen LogP contribution in [0.1, 0.15) is 25.7 Å². The Labute approximate surface area is 105 Å². The zero-order valence-electron chi connectivity index (χ0n) is 10.1. The highest BCUT2D eigenvalue weighted by atomic mass is 16.5. The van der Waals surface area contributed by atoms with Crippen molar-refractivity contribution < 1.29 is 4.74 Å². The van der Waals surface area contributed by atoms with Gasteiger partial charge in [-0.25, -0.2) is 0 Å². The smallest absolute Gasteiger partial charge is 0.199 e. The summed E-state index contributed by atoms with van der Waals surface area (Å²) < 4.78 is 7.33. The molecule has 1 atom stereocenters. The third kappa shape index (κ3) is 2.40. The fourth-order valence-corrected chi connectivity index (χ4v) is 2.19. The van der Waals surface area contributed by atoms with Gasteiger partial charge in [-0.2, -0.15) is 4.52 Å². The van der Waals surface area contributed by atoms with E-state index in [1.165, 1.54) is 12.8 Å². The van der Waals surface area contributed by atoms with Crippen molar-refractivity contribution in [2.75, 3.05) is 18.5 Å². The fourth-order valence-electron chi connectivity index (χ4n) is 2.19. The molecular weight excluding hydrogens is 232 g/mol. The van der Waals surface area contributed by atoms with E-state index in [0.717, 1.165) is 31.8 Å². The van der Waals surface area contributed by atoms with E-state index >= 15 is 0 Å². The monoisotopic (exact) mass is 248 g/mol. The Bertz CT molecular complexity index is 507. The molecule has 0 bridgehead atoms. The van der Waals surface area contributed by atoms with E-state index in [4.69, 9.17) is 4.74 Å². The molecule has 3 rings (SSSR count). The van der Waals surface area contributed by atoms with Crippen molar-refractivity contribution in [3.05, 3.63) is 12.4 Å². The van der Waals surface area contributed by atoms with E-state index in [9.17, 15) is 0 Å². The van der Waals surface area contributed by atoms with Gasteiger partial charge in [0.15, 0.2) is 5.65 Å². The van der Waals surface area contributed by atoms with E-state index in [2.05, 4.69) is 25.8 Å². The van der Waals surface area contributed by atoms with E-state index in [0.29, 0.717) is 11.8 Å². The zero-order chi connectivity index (χ0) is 12.2. The maximum Gasteiger partial charge on any atom is 0.199 e. The molecule has 0 saturated carbocycles. The standard InChI is InChI=1S/C11H16N6O/c1-2-6-18-9(3-1)4-5-13-10-7-12-8-11-14-15-16-17(10)11/h7-9,13H,1-6H2. The second-order valence-electron chi connectivity index (χ2n) is 4.45. The Morgan fingerprint density at radius 3 is 3.28 bits per heavy atom. The Hall–Kier alpha value is -1.76. The topological polar surface area (TPSA) is 77.2 Å². The molecule has 7 nitrogen and oxygen atoms in total. The molecule has 96 valence electrons. The third-order valence-corrected chi connectivity index (χ3v) is 3.16. The summed E-state index contributed by atoms with van der Waals surface area (Å²) in [7, 11) is 0. The molecular formula is C11H16N6O. The van der Waals surface area contributed by atoms with Crippen LogP contribution >= 0.6 is 0 Å². The van der Waals surface area contributed by atoms with Crippen LogP contribution in [0.25, 0.3) is 5.65 Å². The highest BCUT2D eigenvalue weighted by Gasteiger charge is 2.13. The van der Waals surface area contributed by atoms with Gasteiger partial charge in [-0.1, -0.05) is 0 Å². The zero-order valence-corrected chi connectivity index (χ0v) is 10.1. The lowest BCUT2D eigenvalue weighted by Gasteiger charge is -2.22. The quantitative estimate of drug-likeness (QED) is 0.865. The van der Waals surface area contributed by atoms with Gasteiger partial charge < -0.3 is 10.1 Å². The fraction of sp³-hybridized carbons (Fsp3) is 0.636. The van der Waals surface area contributed by atoms with E-state index in [1.807, 2.05) is 0 Å². The van der Waals surface area contributed by atoms with Crippen molar-refractivity contribution in [1.82, 2.24) is 25.0 Å².